The van der Waals surface area contributed by atoms with Crippen LogP contribution in [0, 0.1) is 11.3 Å². The van der Waals surface area contributed by atoms with Gasteiger partial charge in [-0.3, -0.25) is 4.79 Å². The summed E-state index contributed by atoms with van der Waals surface area (Å²) in [5.41, 5.74) is -0.260. The molecule has 0 bridgehead atoms. The Balaban J connectivity index is 1.94. The van der Waals surface area contributed by atoms with E-state index in [1.54, 1.807) is 0 Å². The second-order valence-electron chi connectivity index (χ2n) is 6.64. The largest absolute Gasteiger partial charge is 0.417 e. The number of pyridine rings is 1. The normalized spacial score (nSPS) is 14.9. The number of nitrogens with one attached hydrogen (secondary N) is 1. The Morgan fingerprint density at radius 3 is 2.32 bits per heavy atom. The van der Waals surface area contributed by atoms with Crippen LogP contribution < -0.4 is 10.2 Å². The molecule has 2 aromatic rings. The van der Waals surface area contributed by atoms with Crippen LogP contribution in [0.15, 0.2) is 36.5 Å². The molecule has 1 aliphatic heterocycles. The predicted molar refractivity (Wildman–Crippen MR) is 99.0 cm³/mol. The number of carbonyl (C=O) groups is 1. The maximum absolute atomic E-state index is 13.2. The van der Waals surface area contributed by atoms with Gasteiger partial charge in [-0.05, 0) is 43.2 Å². The number of halogens is 3. The Morgan fingerprint density at radius 2 is 1.75 bits per heavy atom. The van der Waals surface area contributed by atoms with E-state index in [4.69, 9.17) is 5.26 Å². The molecule has 0 spiro atoms. The van der Waals surface area contributed by atoms with Gasteiger partial charge in [0.05, 0.1) is 22.8 Å². The van der Waals surface area contributed by atoms with Gasteiger partial charge in [0.25, 0.3) is 5.91 Å². The lowest BCUT2D eigenvalue weighted by atomic mass is 10.1. The second kappa shape index (κ2) is 8.30. The number of anilines is 2. The maximum atomic E-state index is 13.2. The summed E-state index contributed by atoms with van der Waals surface area (Å²) in [4.78, 5) is 18.7. The Kier molecular flexibility index (Phi) is 5.83. The fourth-order valence-electron chi connectivity index (χ4n) is 3.14. The lowest BCUT2D eigenvalue weighted by molar-refractivity contribution is -0.137. The van der Waals surface area contributed by atoms with Gasteiger partial charge < -0.3 is 10.2 Å². The fraction of sp³-hybridized carbons (Fsp3) is 0.350. The van der Waals surface area contributed by atoms with Crippen LogP contribution in [-0.4, -0.2) is 24.0 Å². The van der Waals surface area contributed by atoms with Crippen LogP contribution in [0.4, 0.5) is 24.7 Å². The van der Waals surface area contributed by atoms with Crippen molar-refractivity contribution in [3.63, 3.8) is 0 Å². The van der Waals surface area contributed by atoms with Gasteiger partial charge in [0, 0.05) is 25.0 Å². The minimum Gasteiger partial charge on any atom is -0.356 e. The number of amides is 1. The molecular formula is C20H19F3N4O. The van der Waals surface area contributed by atoms with Gasteiger partial charge >= 0.3 is 6.18 Å². The predicted octanol–water partition coefficient (Wildman–Crippen LogP) is 4.60. The van der Waals surface area contributed by atoms with Crippen molar-refractivity contribution in [2.24, 2.45) is 0 Å². The maximum Gasteiger partial charge on any atom is 0.417 e. The molecule has 8 heteroatoms. The van der Waals surface area contributed by atoms with Crippen molar-refractivity contribution in [1.29, 1.82) is 5.26 Å². The highest BCUT2D eigenvalue weighted by Crippen LogP contribution is 2.32. The second-order valence-corrected chi connectivity index (χ2v) is 6.64. The lowest BCUT2D eigenvalue weighted by Gasteiger charge is -2.24. The third kappa shape index (κ3) is 4.60. The summed E-state index contributed by atoms with van der Waals surface area (Å²) in [7, 11) is 0. The number of hydrogen-bond acceptors (Lipinski definition) is 4. The molecule has 0 atom stereocenters. The number of carbonyl (C=O) groups excluding carboxylic acids is 1. The average molecular weight is 388 g/mol. The van der Waals surface area contributed by atoms with Crippen LogP contribution in [0.1, 0.15) is 47.2 Å². The minimum absolute atomic E-state index is 0.110. The molecule has 0 radical (unpaired) electrons. The zero-order chi connectivity index (χ0) is 20.1. The van der Waals surface area contributed by atoms with Gasteiger partial charge in [0.2, 0.25) is 0 Å². The van der Waals surface area contributed by atoms with Crippen molar-refractivity contribution in [2.75, 3.05) is 23.3 Å². The fourth-order valence-corrected chi connectivity index (χ4v) is 3.14. The first-order chi connectivity index (χ1) is 13.4. The van der Waals surface area contributed by atoms with Crippen LogP contribution in [0.25, 0.3) is 0 Å². The summed E-state index contributed by atoms with van der Waals surface area (Å²) >= 11 is 0. The van der Waals surface area contributed by atoms with E-state index in [0.29, 0.717) is 24.3 Å². The molecule has 28 heavy (non-hydrogen) atoms. The van der Waals surface area contributed by atoms with E-state index in [2.05, 4.69) is 10.3 Å². The SMILES string of the molecule is N#Cc1ccc(NC(=O)c2cc(C(F)(F)F)cnc2N2CCCCCC2)cc1. The third-order valence-electron chi connectivity index (χ3n) is 4.62. The van der Waals surface area contributed by atoms with Crippen LogP contribution in [0.2, 0.25) is 0 Å². The molecule has 0 unspecified atom stereocenters. The van der Waals surface area contributed by atoms with Crippen molar-refractivity contribution in [2.45, 2.75) is 31.9 Å². The summed E-state index contributed by atoms with van der Waals surface area (Å²) in [5, 5.41) is 11.4. The van der Waals surface area contributed by atoms with Crippen LogP contribution >= 0.6 is 0 Å². The quantitative estimate of drug-likeness (QED) is 0.834. The molecule has 1 fully saturated rings. The summed E-state index contributed by atoms with van der Waals surface area (Å²) in [6, 6.07) is 8.93. The smallest absolute Gasteiger partial charge is 0.356 e. The number of alkyl halides is 3. The molecule has 146 valence electrons. The lowest BCUT2D eigenvalue weighted by Crippen LogP contribution is -2.28. The number of nitriles is 1. The van der Waals surface area contributed by atoms with E-state index in [1.807, 2.05) is 11.0 Å². The zero-order valence-electron chi connectivity index (χ0n) is 15.1. The van der Waals surface area contributed by atoms with Crippen LogP contribution in [0.3, 0.4) is 0 Å². The standard InChI is InChI=1S/C20H19F3N4O/c21-20(22,23)15-11-17(18(25-13-15)27-9-3-1-2-4-10-27)19(28)26-16-7-5-14(12-24)6-8-16/h5-8,11,13H,1-4,9-10H2,(H,26,28). The van der Waals surface area contributed by atoms with Gasteiger partial charge in [-0.1, -0.05) is 12.8 Å². The van der Waals surface area contributed by atoms with Crippen LogP contribution in [0.5, 0.6) is 0 Å². The highest BCUT2D eigenvalue weighted by Gasteiger charge is 2.33. The minimum atomic E-state index is -4.59. The van der Waals surface area contributed by atoms with Gasteiger partial charge in [0.1, 0.15) is 5.82 Å². The van der Waals surface area contributed by atoms with E-state index in [9.17, 15) is 18.0 Å². The summed E-state index contributed by atoms with van der Waals surface area (Å²) in [6.45, 7) is 1.30. The van der Waals surface area contributed by atoms with E-state index >= 15 is 0 Å². The third-order valence-corrected chi connectivity index (χ3v) is 4.62. The first-order valence-electron chi connectivity index (χ1n) is 9.02. The van der Waals surface area contributed by atoms with Gasteiger partial charge in [-0.25, -0.2) is 4.98 Å². The molecule has 3 rings (SSSR count). The molecular weight excluding hydrogens is 369 g/mol. The molecule has 0 saturated carbocycles. The molecule has 5 nitrogen and oxygen atoms in total. The van der Waals surface area contributed by atoms with E-state index in [1.165, 1.54) is 24.3 Å². The number of benzene rings is 1. The molecule has 2 heterocycles. The summed E-state index contributed by atoms with van der Waals surface area (Å²) < 4.78 is 39.5. The number of hydrogen-bond donors (Lipinski definition) is 1. The molecule has 1 saturated heterocycles. The Labute approximate surface area is 160 Å². The zero-order valence-corrected chi connectivity index (χ0v) is 15.1. The number of rotatable bonds is 3. The Hall–Kier alpha value is -3.08. The van der Waals surface area contributed by atoms with Crippen molar-refractivity contribution in [1.82, 2.24) is 4.98 Å². The first-order valence-corrected chi connectivity index (χ1v) is 9.02. The van der Waals surface area contributed by atoms with E-state index < -0.39 is 17.6 Å². The molecule has 1 aliphatic rings. The first kappa shape index (κ1) is 19.7. The highest BCUT2D eigenvalue weighted by atomic mass is 19.4. The Morgan fingerprint density at radius 1 is 1.11 bits per heavy atom. The van der Waals surface area contributed by atoms with Crippen molar-refractivity contribution < 1.29 is 18.0 Å². The van der Waals surface area contributed by atoms with Gasteiger partial charge in [-0.2, -0.15) is 18.4 Å². The van der Waals surface area contributed by atoms with E-state index in [-0.39, 0.29) is 11.4 Å². The van der Waals surface area contributed by atoms with E-state index in [0.717, 1.165) is 37.9 Å². The van der Waals surface area contributed by atoms with Crippen molar-refractivity contribution >= 4 is 17.4 Å². The average Bonchev–Trinajstić information content (AvgIpc) is 2.97. The monoisotopic (exact) mass is 388 g/mol. The summed E-state index contributed by atoms with van der Waals surface area (Å²) in [5.74, 6) is -0.399. The highest BCUT2D eigenvalue weighted by molar-refractivity contribution is 6.07. The molecule has 1 aromatic heterocycles. The topological polar surface area (TPSA) is 69.0 Å². The van der Waals surface area contributed by atoms with Crippen molar-refractivity contribution in [3.8, 4) is 6.07 Å². The summed E-state index contributed by atoms with van der Waals surface area (Å²) in [6.07, 6.45) is 0.0824. The molecule has 0 aliphatic carbocycles. The van der Waals surface area contributed by atoms with Crippen molar-refractivity contribution in [3.05, 3.63) is 53.2 Å². The molecule has 1 N–H and O–H groups in total. The Bertz CT molecular complexity index is 880. The molecule has 1 aromatic carbocycles. The van der Waals surface area contributed by atoms with Gasteiger partial charge in [-0.15, -0.1) is 0 Å². The number of nitrogens with zero attached hydrogens (tertiary/aromatic N) is 3. The van der Waals surface area contributed by atoms with Gasteiger partial charge in [0.15, 0.2) is 0 Å². The van der Waals surface area contributed by atoms with Crippen LogP contribution in [-0.2, 0) is 6.18 Å². The molecule has 1 amide bonds. The number of aromatic nitrogens is 1.